The Morgan fingerprint density at radius 2 is 1.91 bits per heavy atom. The van der Waals surface area contributed by atoms with E-state index in [1.165, 1.54) is 0 Å². The van der Waals surface area contributed by atoms with E-state index in [-0.39, 0.29) is 42.3 Å². The van der Waals surface area contributed by atoms with Crippen molar-refractivity contribution in [3.63, 3.8) is 0 Å². The Labute approximate surface area is 216 Å². The molecule has 0 aromatic carbocycles. The van der Waals surface area contributed by atoms with Crippen molar-refractivity contribution in [2.75, 3.05) is 25.3 Å². The number of hydrogen-bond donors (Lipinski definition) is 1. The highest BCUT2D eigenvalue weighted by Crippen LogP contribution is 2.48. The van der Waals surface area contributed by atoms with Crippen LogP contribution in [-0.2, 0) is 20.8 Å². The number of ether oxygens (including phenoxy) is 3. The van der Waals surface area contributed by atoms with Crippen molar-refractivity contribution >= 4 is 31.3 Å². The first kappa shape index (κ1) is 29.6. The fourth-order valence-electron chi connectivity index (χ4n) is 4.47. The zero-order chi connectivity index (χ0) is 26.6. The first-order valence-corrected chi connectivity index (χ1v) is 16.7. The highest BCUT2D eigenvalue weighted by Gasteiger charge is 2.44. The van der Waals surface area contributed by atoms with Gasteiger partial charge in [-0.15, -0.1) is 5.10 Å². The van der Waals surface area contributed by atoms with Crippen molar-refractivity contribution in [3.05, 3.63) is 15.4 Å². The molecule has 10 heteroatoms. The van der Waals surface area contributed by atoms with E-state index in [1.54, 1.807) is 6.92 Å². The van der Waals surface area contributed by atoms with Gasteiger partial charge in [0.15, 0.2) is 6.79 Å². The van der Waals surface area contributed by atoms with Gasteiger partial charge in [-0.1, -0.05) is 65.9 Å². The number of carbonyl (C=O) groups is 1. The number of hydrogen-bond acceptors (Lipinski definition) is 7. The number of nitrogens with one attached hydrogen (secondary N) is 1. The molecule has 0 spiro atoms. The minimum Gasteiger partial charge on any atom is -0.465 e. The van der Waals surface area contributed by atoms with Gasteiger partial charge in [0.1, 0.15) is 17.3 Å². The van der Waals surface area contributed by atoms with Crippen LogP contribution >= 0.6 is 11.6 Å². The molecule has 35 heavy (non-hydrogen) atoms. The summed E-state index contributed by atoms with van der Waals surface area (Å²) in [6.45, 7) is 20.3. The van der Waals surface area contributed by atoms with Gasteiger partial charge in [-0.25, -0.2) is 4.68 Å². The van der Waals surface area contributed by atoms with E-state index in [0.717, 1.165) is 17.1 Å². The van der Waals surface area contributed by atoms with Gasteiger partial charge in [0.2, 0.25) is 0 Å². The highest BCUT2D eigenvalue weighted by molar-refractivity contribution is 6.76. The molecule has 1 N–H and O–H groups in total. The second-order valence-corrected chi connectivity index (χ2v) is 17.6. The topological polar surface area (TPSA) is 91.7 Å². The number of halogens is 1. The molecule has 1 aliphatic carbocycles. The minimum absolute atomic E-state index is 0.0276. The molecule has 0 unspecified atom stereocenters. The maximum absolute atomic E-state index is 13.0. The van der Waals surface area contributed by atoms with E-state index >= 15 is 0 Å². The van der Waals surface area contributed by atoms with Gasteiger partial charge in [0.05, 0.1) is 6.61 Å². The van der Waals surface area contributed by atoms with Gasteiger partial charge >= 0.3 is 5.97 Å². The van der Waals surface area contributed by atoms with Crippen LogP contribution in [0.15, 0.2) is 4.79 Å². The largest absolute Gasteiger partial charge is 0.465 e. The molecule has 0 saturated heterocycles. The van der Waals surface area contributed by atoms with E-state index in [4.69, 9.17) is 25.8 Å². The SMILES string of the molecule is CCOC(=O)Cn1nc(OCOCC[Si](C)(C)C)c(N[C@@H]2C[C@H](C)C(C)(C)[C@H](C)[C@H]2C)c(Cl)c1=O. The molecule has 0 radical (unpaired) electrons. The molecule has 0 bridgehead atoms. The zero-order valence-electron chi connectivity index (χ0n) is 22.9. The number of anilines is 1. The molecule has 0 amide bonds. The minimum atomic E-state index is -1.24. The maximum Gasteiger partial charge on any atom is 0.327 e. The van der Waals surface area contributed by atoms with Crippen LogP contribution in [0.5, 0.6) is 5.88 Å². The summed E-state index contributed by atoms with van der Waals surface area (Å²) in [6.07, 6.45) is 0.924. The molecular weight excluding hydrogens is 486 g/mol. The molecule has 1 heterocycles. The molecule has 1 fully saturated rings. The summed E-state index contributed by atoms with van der Waals surface area (Å²) >= 11 is 6.56. The number of nitrogens with zero attached hydrogens (tertiary/aromatic N) is 2. The summed E-state index contributed by atoms with van der Waals surface area (Å²) < 4.78 is 17.5. The lowest BCUT2D eigenvalue weighted by Gasteiger charge is -2.50. The van der Waals surface area contributed by atoms with Crippen molar-refractivity contribution in [1.29, 1.82) is 0 Å². The third-order valence-electron chi connectivity index (χ3n) is 7.73. The molecule has 1 saturated carbocycles. The standard InChI is InChI=1S/C25H44ClN3O5Si/c1-10-33-20(30)14-29-24(31)21(26)22(23(28-29)34-15-32-11-12-35(7,8)9)27-19-13-16(2)25(5,6)18(4)17(19)3/h16-19,27H,10-15H2,1-9H3/t16-,17+,18+,19+/m0/s1. The predicted octanol–water partition coefficient (Wildman–Crippen LogP) is 5.27. The summed E-state index contributed by atoms with van der Waals surface area (Å²) in [5, 5.41) is 7.75. The smallest absolute Gasteiger partial charge is 0.327 e. The van der Waals surface area contributed by atoms with Crippen molar-refractivity contribution in [2.45, 2.75) is 86.2 Å². The number of aromatic nitrogens is 2. The first-order chi connectivity index (χ1) is 16.2. The molecule has 1 aromatic rings. The van der Waals surface area contributed by atoms with Crippen LogP contribution in [0.3, 0.4) is 0 Å². The molecular formula is C25H44ClN3O5Si. The summed E-state index contributed by atoms with van der Waals surface area (Å²) in [7, 11) is -1.24. The van der Waals surface area contributed by atoms with E-state index in [1.807, 2.05) is 0 Å². The van der Waals surface area contributed by atoms with Crippen LogP contribution in [0.2, 0.25) is 30.7 Å². The highest BCUT2D eigenvalue weighted by atomic mass is 35.5. The predicted molar refractivity (Wildman–Crippen MR) is 143 cm³/mol. The average Bonchev–Trinajstić information content (AvgIpc) is 2.75. The van der Waals surface area contributed by atoms with Crippen molar-refractivity contribution in [3.8, 4) is 5.88 Å². The molecule has 1 aromatic heterocycles. The Bertz CT molecular complexity index is 931. The zero-order valence-corrected chi connectivity index (χ0v) is 24.6. The second kappa shape index (κ2) is 12.1. The summed E-state index contributed by atoms with van der Waals surface area (Å²) in [4.78, 5) is 25.0. The lowest BCUT2D eigenvalue weighted by atomic mass is 9.58. The second-order valence-electron chi connectivity index (χ2n) is 11.6. The quantitative estimate of drug-likeness (QED) is 0.181. The third kappa shape index (κ3) is 7.70. The van der Waals surface area contributed by atoms with Crippen LogP contribution < -0.4 is 15.6 Å². The van der Waals surface area contributed by atoms with Gasteiger partial charge in [0.25, 0.3) is 11.4 Å². The van der Waals surface area contributed by atoms with E-state index in [2.05, 4.69) is 64.7 Å². The van der Waals surface area contributed by atoms with Crippen molar-refractivity contribution in [2.24, 2.45) is 23.2 Å². The molecule has 8 nitrogen and oxygen atoms in total. The van der Waals surface area contributed by atoms with Crippen LogP contribution in [-0.4, -0.2) is 49.9 Å². The Morgan fingerprint density at radius 1 is 1.26 bits per heavy atom. The van der Waals surface area contributed by atoms with Gasteiger partial charge in [-0.3, -0.25) is 9.59 Å². The molecule has 0 aliphatic heterocycles. The van der Waals surface area contributed by atoms with Gasteiger partial charge in [-0.05, 0) is 42.6 Å². The van der Waals surface area contributed by atoms with Gasteiger partial charge < -0.3 is 19.5 Å². The van der Waals surface area contributed by atoms with Crippen LogP contribution in [0, 0.1) is 23.2 Å². The van der Waals surface area contributed by atoms with E-state index in [9.17, 15) is 9.59 Å². The normalized spacial score (nSPS) is 24.2. The average molecular weight is 530 g/mol. The van der Waals surface area contributed by atoms with E-state index < -0.39 is 19.6 Å². The molecule has 2 rings (SSSR count). The number of carbonyl (C=O) groups excluding carboxylic acids is 1. The van der Waals surface area contributed by atoms with Crippen LogP contribution in [0.4, 0.5) is 5.69 Å². The summed E-state index contributed by atoms with van der Waals surface area (Å²) in [5.41, 5.74) is -0.0210. The molecule has 1 aliphatic rings. The molecule has 4 atom stereocenters. The van der Waals surface area contributed by atoms with E-state index in [0.29, 0.717) is 30.0 Å². The Kier molecular flexibility index (Phi) is 10.3. The Balaban J connectivity index is 2.32. The number of rotatable bonds is 11. The first-order valence-electron chi connectivity index (χ1n) is 12.6. The lowest BCUT2D eigenvalue weighted by molar-refractivity contribution is -0.144. The summed E-state index contributed by atoms with van der Waals surface area (Å²) in [6, 6.07) is 1.09. The Hall–Kier alpha value is -1.58. The van der Waals surface area contributed by atoms with Crippen LogP contribution in [0.1, 0.15) is 48.0 Å². The van der Waals surface area contributed by atoms with Gasteiger partial charge in [-0.2, -0.15) is 0 Å². The third-order valence-corrected chi connectivity index (χ3v) is 9.79. The van der Waals surface area contributed by atoms with Crippen molar-refractivity contribution < 1.29 is 19.0 Å². The number of esters is 1. The van der Waals surface area contributed by atoms with Gasteiger partial charge in [0, 0.05) is 20.7 Å². The fraction of sp³-hybridized carbons (Fsp3) is 0.800. The van der Waals surface area contributed by atoms with Crippen LogP contribution in [0.25, 0.3) is 0 Å². The van der Waals surface area contributed by atoms with Crippen molar-refractivity contribution in [1.82, 2.24) is 9.78 Å². The Morgan fingerprint density at radius 3 is 2.51 bits per heavy atom. The maximum atomic E-state index is 13.0. The summed E-state index contributed by atoms with van der Waals surface area (Å²) in [5.74, 6) is 0.830. The fourth-order valence-corrected chi connectivity index (χ4v) is 5.46. The molecule has 200 valence electrons. The monoisotopic (exact) mass is 529 g/mol. The lowest BCUT2D eigenvalue weighted by Crippen LogP contribution is -2.48.